The van der Waals surface area contributed by atoms with Crippen molar-refractivity contribution in [2.75, 3.05) is 0 Å². The van der Waals surface area contributed by atoms with Crippen LogP contribution in [0.15, 0.2) is 28.7 Å². The number of hydrogen-bond donors (Lipinski definition) is 0. The van der Waals surface area contributed by atoms with Crippen LogP contribution in [-0.2, 0) is 30.6 Å². The van der Waals surface area contributed by atoms with Crippen LogP contribution < -0.4 is 0 Å². The molecule has 1 aromatic heterocycles. The van der Waals surface area contributed by atoms with Gasteiger partial charge in [-0.25, -0.2) is 0 Å². The number of aryl methyl sites for hydroxylation is 3. The van der Waals surface area contributed by atoms with E-state index in [1.807, 2.05) is 35.9 Å². The van der Waals surface area contributed by atoms with Gasteiger partial charge in [0.15, 0.2) is 0 Å². The van der Waals surface area contributed by atoms with Gasteiger partial charge in [0.2, 0.25) is 0 Å². The Bertz CT molecular complexity index is 629. The van der Waals surface area contributed by atoms with E-state index in [-0.39, 0.29) is 5.78 Å². The number of nitrogens with zero attached hydrogens (tertiary/aromatic N) is 2. The van der Waals surface area contributed by atoms with Crippen molar-refractivity contribution in [1.29, 1.82) is 0 Å². The zero-order chi connectivity index (χ0) is 15.4. The van der Waals surface area contributed by atoms with Gasteiger partial charge in [0, 0.05) is 19.4 Å². The summed E-state index contributed by atoms with van der Waals surface area (Å²) in [6, 6.07) is 8.14. The number of aromatic nitrogens is 2. The molecule has 1 aromatic carbocycles. The van der Waals surface area contributed by atoms with Gasteiger partial charge in [-0.3, -0.25) is 9.48 Å². The summed E-state index contributed by atoms with van der Waals surface area (Å²) in [5.74, 6) is 0.219. The predicted molar refractivity (Wildman–Crippen MR) is 88.6 cm³/mol. The van der Waals surface area contributed by atoms with E-state index in [2.05, 4.69) is 34.9 Å². The fraction of sp³-hybridized carbons (Fsp3) is 0.412. The number of carbonyl (C=O) groups is 1. The number of benzene rings is 1. The molecule has 3 nitrogen and oxygen atoms in total. The summed E-state index contributed by atoms with van der Waals surface area (Å²) in [6.07, 6.45) is 1.77. The van der Waals surface area contributed by atoms with Gasteiger partial charge in [0.05, 0.1) is 15.9 Å². The summed E-state index contributed by atoms with van der Waals surface area (Å²) in [5, 5.41) is 4.54. The van der Waals surface area contributed by atoms with E-state index < -0.39 is 0 Å². The van der Waals surface area contributed by atoms with E-state index in [1.165, 1.54) is 5.56 Å². The molecule has 2 rings (SSSR count). The molecule has 0 N–H and O–H groups in total. The zero-order valence-electron chi connectivity index (χ0n) is 12.8. The van der Waals surface area contributed by atoms with Crippen LogP contribution in [-0.4, -0.2) is 15.6 Å². The molecule has 0 radical (unpaired) electrons. The second-order valence-electron chi connectivity index (χ2n) is 5.25. The number of hydrogen-bond acceptors (Lipinski definition) is 2. The zero-order valence-corrected chi connectivity index (χ0v) is 14.4. The summed E-state index contributed by atoms with van der Waals surface area (Å²) in [5.41, 5.74) is 4.30. The monoisotopic (exact) mass is 348 g/mol. The molecule has 0 bridgehead atoms. The third-order valence-corrected chi connectivity index (χ3v) is 4.50. The number of ketones is 1. The molecule has 4 heteroatoms. The number of Topliss-reactive ketones (excluding diaryl/α,β-unsaturated/α-hetero) is 1. The minimum atomic E-state index is 0.219. The molecule has 0 atom stereocenters. The average Bonchev–Trinajstić information content (AvgIpc) is 2.77. The van der Waals surface area contributed by atoms with Gasteiger partial charge in [-0.1, -0.05) is 36.8 Å². The first kappa shape index (κ1) is 16.0. The first-order chi connectivity index (χ1) is 10.0. The van der Waals surface area contributed by atoms with Crippen LogP contribution in [0.5, 0.6) is 0 Å². The molecular weight excluding hydrogens is 328 g/mol. The molecule has 0 aliphatic rings. The van der Waals surface area contributed by atoms with Crippen LogP contribution in [0.4, 0.5) is 0 Å². The third-order valence-electron chi connectivity index (χ3n) is 3.58. The van der Waals surface area contributed by atoms with Gasteiger partial charge in [-0.2, -0.15) is 5.10 Å². The van der Waals surface area contributed by atoms with Crippen molar-refractivity contribution in [2.24, 2.45) is 0 Å². The fourth-order valence-electron chi connectivity index (χ4n) is 2.37. The molecule has 0 aliphatic carbocycles. The Labute approximate surface area is 134 Å². The Morgan fingerprint density at radius 1 is 1.19 bits per heavy atom. The van der Waals surface area contributed by atoms with Crippen LogP contribution in [0.2, 0.25) is 0 Å². The molecule has 0 fully saturated rings. The molecule has 0 spiro atoms. The van der Waals surface area contributed by atoms with E-state index in [1.54, 1.807) is 0 Å². The molecule has 0 amide bonds. The number of carbonyl (C=O) groups excluding carboxylic acids is 1. The minimum Gasteiger partial charge on any atom is -0.299 e. The lowest BCUT2D eigenvalue weighted by molar-refractivity contribution is -0.117. The van der Waals surface area contributed by atoms with Gasteiger partial charge in [0.1, 0.15) is 5.78 Å². The number of rotatable bonds is 6. The molecule has 0 saturated carbocycles. The van der Waals surface area contributed by atoms with Gasteiger partial charge >= 0.3 is 0 Å². The summed E-state index contributed by atoms with van der Waals surface area (Å²) in [7, 11) is 0. The van der Waals surface area contributed by atoms with Crippen molar-refractivity contribution in [3.05, 3.63) is 51.3 Å². The van der Waals surface area contributed by atoms with Gasteiger partial charge in [-0.05, 0) is 41.8 Å². The Kier molecular flexibility index (Phi) is 5.34. The highest BCUT2D eigenvalue weighted by Gasteiger charge is 2.17. The van der Waals surface area contributed by atoms with Crippen molar-refractivity contribution in [2.45, 2.75) is 46.6 Å². The highest BCUT2D eigenvalue weighted by atomic mass is 79.9. The van der Waals surface area contributed by atoms with E-state index in [9.17, 15) is 4.79 Å². The van der Waals surface area contributed by atoms with Gasteiger partial charge in [-0.15, -0.1) is 0 Å². The Balaban J connectivity index is 2.12. The Hall–Kier alpha value is -1.42. The van der Waals surface area contributed by atoms with Crippen molar-refractivity contribution >= 4 is 21.7 Å². The first-order valence-electron chi connectivity index (χ1n) is 7.36. The fourth-order valence-corrected chi connectivity index (χ4v) is 3.07. The molecule has 0 saturated heterocycles. The van der Waals surface area contributed by atoms with Crippen LogP contribution in [0.25, 0.3) is 0 Å². The largest absolute Gasteiger partial charge is 0.299 e. The molecule has 0 aliphatic heterocycles. The maximum atomic E-state index is 12.3. The lowest BCUT2D eigenvalue weighted by atomic mass is 10.0. The lowest BCUT2D eigenvalue weighted by Gasteiger charge is -2.05. The van der Waals surface area contributed by atoms with Crippen molar-refractivity contribution in [1.82, 2.24) is 9.78 Å². The first-order valence-corrected chi connectivity index (χ1v) is 8.15. The maximum Gasteiger partial charge on any atom is 0.143 e. The second-order valence-corrected chi connectivity index (χ2v) is 6.05. The standard InChI is InChI=1S/C17H21BrN2O/c1-4-15-17(18)16(20(5-2)19-15)11-14(21)10-13-8-6-12(3)7-9-13/h6-9H,4-5,10-11H2,1-3H3. The number of halogens is 1. The quantitative estimate of drug-likeness (QED) is 0.793. The van der Waals surface area contributed by atoms with E-state index in [4.69, 9.17) is 0 Å². The van der Waals surface area contributed by atoms with E-state index >= 15 is 0 Å². The molecule has 21 heavy (non-hydrogen) atoms. The summed E-state index contributed by atoms with van der Waals surface area (Å²) in [6.45, 7) is 6.96. The van der Waals surface area contributed by atoms with Gasteiger partial charge < -0.3 is 0 Å². The van der Waals surface area contributed by atoms with Crippen LogP contribution in [0, 0.1) is 6.92 Å². The smallest absolute Gasteiger partial charge is 0.143 e. The molecule has 0 unspecified atom stereocenters. The van der Waals surface area contributed by atoms with Gasteiger partial charge in [0.25, 0.3) is 0 Å². The minimum absolute atomic E-state index is 0.219. The van der Waals surface area contributed by atoms with Crippen molar-refractivity contribution in [3.63, 3.8) is 0 Å². The SMILES string of the molecule is CCc1nn(CC)c(CC(=O)Cc2ccc(C)cc2)c1Br. The highest BCUT2D eigenvalue weighted by Crippen LogP contribution is 2.23. The summed E-state index contributed by atoms with van der Waals surface area (Å²) >= 11 is 3.59. The third kappa shape index (κ3) is 3.82. The van der Waals surface area contributed by atoms with Crippen LogP contribution in [0.3, 0.4) is 0 Å². The normalized spacial score (nSPS) is 10.9. The lowest BCUT2D eigenvalue weighted by Crippen LogP contribution is -2.12. The topological polar surface area (TPSA) is 34.9 Å². The van der Waals surface area contributed by atoms with Crippen LogP contribution in [0.1, 0.15) is 36.4 Å². The molecular formula is C17H21BrN2O. The van der Waals surface area contributed by atoms with Crippen molar-refractivity contribution < 1.29 is 4.79 Å². The molecule has 112 valence electrons. The highest BCUT2D eigenvalue weighted by molar-refractivity contribution is 9.10. The van der Waals surface area contributed by atoms with E-state index in [0.29, 0.717) is 12.8 Å². The Morgan fingerprint density at radius 2 is 1.86 bits per heavy atom. The van der Waals surface area contributed by atoms with Crippen LogP contribution >= 0.6 is 15.9 Å². The summed E-state index contributed by atoms with van der Waals surface area (Å²) < 4.78 is 2.92. The van der Waals surface area contributed by atoms with E-state index in [0.717, 1.165) is 34.4 Å². The van der Waals surface area contributed by atoms with Crippen molar-refractivity contribution in [3.8, 4) is 0 Å². The molecule has 1 heterocycles. The molecule has 2 aromatic rings. The second kappa shape index (κ2) is 7.03. The summed E-state index contributed by atoms with van der Waals surface area (Å²) in [4.78, 5) is 12.3. The average molecular weight is 349 g/mol. The maximum absolute atomic E-state index is 12.3. The predicted octanol–water partition coefficient (Wildman–Crippen LogP) is 3.89. The Morgan fingerprint density at radius 3 is 2.43 bits per heavy atom.